The topological polar surface area (TPSA) is 78.9 Å². The quantitative estimate of drug-likeness (QED) is 0.0261. The minimum absolute atomic E-state index is 0.0908. The molecule has 0 aliphatic carbocycles. The molecule has 454 valence electrons. The van der Waals surface area contributed by atoms with Gasteiger partial charge in [-0.2, -0.15) is 0 Å². The molecule has 80 heavy (non-hydrogen) atoms. The summed E-state index contributed by atoms with van der Waals surface area (Å²) in [5.74, 6) is -0.922. The van der Waals surface area contributed by atoms with Crippen molar-refractivity contribution in [2.24, 2.45) is 0 Å². The fourth-order valence-electron chi connectivity index (χ4n) is 8.94. The smallest absolute Gasteiger partial charge is 0.306 e. The van der Waals surface area contributed by atoms with Crippen molar-refractivity contribution in [1.29, 1.82) is 0 Å². The maximum atomic E-state index is 12.9. The lowest BCUT2D eigenvalue weighted by Gasteiger charge is -2.18. The molecule has 1 atom stereocenters. The molecule has 0 heterocycles. The Labute approximate surface area is 494 Å². The Kier molecular flexibility index (Phi) is 63.3. The number of unbranched alkanes of at least 4 members (excludes halogenated alkanes) is 26. The van der Waals surface area contributed by atoms with Gasteiger partial charge in [0.2, 0.25) is 0 Å². The van der Waals surface area contributed by atoms with Gasteiger partial charge in [-0.15, -0.1) is 0 Å². The first-order valence-electron chi connectivity index (χ1n) is 33.2. The molecule has 1 unspecified atom stereocenters. The lowest BCUT2D eigenvalue weighted by atomic mass is 10.0. The van der Waals surface area contributed by atoms with E-state index in [2.05, 4.69) is 154 Å². The maximum absolute atomic E-state index is 12.9. The number of hydrogen-bond acceptors (Lipinski definition) is 6. The molecule has 6 nitrogen and oxygen atoms in total. The molecule has 0 amide bonds. The first kappa shape index (κ1) is 75.5. The second-order valence-corrected chi connectivity index (χ2v) is 21.6. The lowest BCUT2D eigenvalue weighted by molar-refractivity contribution is -0.167. The van der Waals surface area contributed by atoms with Crippen LogP contribution in [0.2, 0.25) is 0 Å². The standard InChI is InChI=1S/C74H122O6/c1-4-7-10-13-16-19-22-24-26-28-29-30-31-32-33-34-35-36-37-38-39-40-41-42-43-44-45-47-48-50-52-55-58-61-64-67-73(76)79-70-71(69-78-72(75)66-63-60-57-54-21-18-15-12-9-6-3)80-74(77)68-65-62-59-56-53-51-49-46-27-25-23-20-17-14-11-8-5-2/h7,10,12,15-16,19,24,26,29-30,32-33,35-36,38-39,41-42,44-45,48,50,71H,4-6,8-9,11,13-14,17-18,20-23,25,27-28,31,34,37,40,43,46-47,49,51-70H2,1-3H3/b10-7-,15-12-,19-16-,26-24-,30-29-,33-32-,36-35-,39-38-,42-41-,45-44-,50-48-. The van der Waals surface area contributed by atoms with Crippen molar-refractivity contribution >= 4 is 17.9 Å². The Morgan fingerprint density at radius 1 is 0.263 bits per heavy atom. The van der Waals surface area contributed by atoms with E-state index in [1.165, 1.54) is 103 Å². The third-order valence-corrected chi connectivity index (χ3v) is 13.9. The molecule has 0 fully saturated rings. The first-order valence-corrected chi connectivity index (χ1v) is 33.2. The third-order valence-electron chi connectivity index (χ3n) is 13.9. The summed E-state index contributed by atoms with van der Waals surface area (Å²) in [7, 11) is 0. The minimum atomic E-state index is -0.793. The van der Waals surface area contributed by atoms with Crippen molar-refractivity contribution in [2.75, 3.05) is 13.2 Å². The summed E-state index contributed by atoms with van der Waals surface area (Å²) in [6.07, 6.45) is 94.7. The average Bonchev–Trinajstić information content (AvgIpc) is 3.46. The van der Waals surface area contributed by atoms with Crippen LogP contribution in [0.25, 0.3) is 0 Å². The second kappa shape index (κ2) is 67.1. The Hall–Kier alpha value is -4.45. The molecule has 0 aliphatic rings. The van der Waals surface area contributed by atoms with Gasteiger partial charge in [-0.1, -0.05) is 296 Å². The average molecular weight is 1110 g/mol. The van der Waals surface area contributed by atoms with Gasteiger partial charge in [0, 0.05) is 19.3 Å². The van der Waals surface area contributed by atoms with Gasteiger partial charge in [0.25, 0.3) is 0 Å². The van der Waals surface area contributed by atoms with E-state index in [0.29, 0.717) is 19.3 Å². The molecule has 0 aliphatic heterocycles. The zero-order chi connectivity index (χ0) is 57.8. The molecule has 0 aromatic heterocycles. The van der Waals surface area contributed by atoms with E-state index in [4.69, 9.17) is 14.2 Å². The predicted octanol–water partition coefficient (Wildman–Crippen LogP) is 22.9. The van der Waals surface area contributed by atoms with E-state index in [0.717, 1.165) is 154 Å². The number of hydrogen-bond donors (Lipinski definition) is 0. The van der Waals surface area contributed by atoms with Crippen molar-refractivity contribution in [3.63, 3.8) is 0 Å². The maximum Gasteiger partial charge on any atom is 0.306 e. The van der Waals surface area contributed by atoms with E-state index in [-0.39, 0.29) is 31.1 Å². The van der Waals surface area contributed by atoms with Crippen LogP contribution in [0.1, 0.15) is 297 Å². The zero-order valence-corrected chi connectivity index (χ0v) is 52.0. The van der Waals surface area contributed by atoms with E-state index in [9.17, 15) is 14.4 Å². The van der Waals surface area contributed by atoms with Gasteiger partial charge in [-0.3, -0.25) is 14.4 Å². The van der Waals surface area contributed by atoms with Gasteiger partial charge in [0.05, 0.1) is 0 Å². The lowest BCUT2D eigenvalue weighted by Crippen LogP contribution is -2.30. The SMILES string of the molecule is CC/C=C\C/C=C\C/C=C\C/C=C\C/C=C\C/C=C\C/C=C\C/C=C\C/C=C\C/C=C\CCCCCCC(=O)OCC(COC(=O)CCCCCCC/C=C\CCC)OC(=O)CCCCCCCCCCCCCCCCCCC. The van der Waals surface area contributed by atoms with Gasteiger partial charge in [-0.25, -0.2) is 0 Å². The van der Waals surface area contributed by atoms with Gasteiger partial charge in [0.1, 0.15) is 13.2 Å². The highest BCUT2D eigenvalue weighted by Gasteiger charge is 2.19. The number of ether oxygens (including phenoxy) is 3. The van der Waals surface area contributed by atoms with Crippen LogP contribution in [0, 0.1) is 0 Å². The van der Waals surface area contributed by atoms with Crippen LogP contribution in [0.5, 0.6) is 0 Å². The normalized spacial score (nSPS) is 13.0. The van der Waals surface area contributed by atoms with Crippen LogP contribution in [-0.2, 0) is 28.6 Å². The number of esters is 3. The van der Waals surface area contributed by atoms with E-state index in [1.54, 1.807) is 0 Å². The van der Waals surface area contributed by atoms with Gasteiger partial charge in [-0.05, 0) is 116 Å². The fourth-order valence-corrected chi connectivity index (χ4v) is 8.94. The highest BCUT2D eigenvalue weighted by molar-refractivity contribution is 5.71. The van der Waals surface area contributed by atoms with Crippen molar-refractivity contribution in [3.05, 3.63) is 134 Å². The van der Waals surface area contributed by atoms with Crippen molar-refractivity contribution in [2.45, 2.75) is 303 Å². The molecule has 6 heteroatoms. The van der Waals surface area contributed by atoms with Crippen LogP contribution in [0.15, 0.2) is 134 Å². The monoisotopic (exact) mass is 1110 g/mol. The van der Waals surface area contributed by atoms with E-state index < -0.39 is 6.10 Å². The van der Waals surface area contributed by atoms with Crippen LogP contribution >= 0.6 is 0 Å². The highest BCUT2D eigenvalue weighted by atomic mass is 16.6. The number of allylic oxidation sites excluding steroid dienone is 22. The first-order chi connectivity index (χ1) is 39.5. The van der Waals surface area contributed by atoms with Crippen molar-refractivity contribution in [3.8, 4) is 0 Å². The zero-order valence-electron chi connectivity index (χ0n) is 52.0. The molecule has 0 saturated carbocycles. The number of carbonyl (C=O) groups is 3. The number of rotatable bonds is 59. The summed E-state index contributed by atoms with van der Waals surface area (Å²) in [6, 6.07) is 0. The molecule has 0 N–H and O–H groups in total. The molecule has 0 saturated heterocycles. The van der Waals surface area contributed by atoms with Gasteiger partial charge >= 0.3 is 17.9 Å². The summed E-state index contributed by atoms with van der Waals surface area (Å²) >= 11 is 0. The highest BCUT2D eigenvalue weighted by Crippen LogP contribution is 2.16. The Morgan fingerprint density at radius 2 is 0.512 bits per heavy atom. The van der Waals surface area contributed by atoms with Crippen LogP contribution < -0.4 is 0 Å². The number of carbonyl (C=O) groups excluding carboxylic acids is 3. The molecule has 0 aromatic carbocycles. The summed E-state index contributed by atoms with van der Waals surface area (Å²) in [5.41, 5.74) is 0. The Morgan fingerprint density at radius 3 is 0.825 bits per heavy atom. The Balaban J connectivity index is 4.27. The van der Waals surface area contributed by atoms with E-state index in [1.807, 2.05) is 0 Å². The van der Waals surface area contributed by atoms with Crippen molar-refractivity contribution < 1.29 is 28.6 Å². The summed E-state index contributed by atoms with van der Waals surface area (Å²) in [4.78, 5) is 38.2. The summed E-state index contributed by atoms with van der Waals surface area (Å²) < 4.78 is 16.9. The largest absolute Gasteiger partial charge is 0.462 e. The fraction of sp³-hybridized carbons (Fsp3) is 0.662. The molecular formula is C74H122O6. The molecule has 0 spiro atoms. The predicted molar refractivity (Wildman–Crippen MR) is 348 cm³/mol. The van der Waals surface area contributed by atoms with Crippen LogP contribution in [0.4, 0.5) is 0 Å². The van der Waals surface area contributed by atoms with Crippen molar-refractivity contribution in [1.82, 2.24) is 0 Å². The summed E-state index contributed by atoms with van der Waals surface area (Å²) in [5, 5.41) is 0. The molecule has 0 rings (SSSR count). The molecule has 0 bridgehead atoms. The van der Waals surface area contributed by atoms with Gasteiger partial charge < -0.3 is 14.2 Å². The molecule has 0 aromatic rings. The Bertz CT molecular complexity index is 1700. The second-order valence-electron chi connectivity index (χ2n) is 21.6. The van der Waals surface area contributed by atoms with Crippen LogP contribution in [0.3, 0.4) is 0 Å². The molecular weight excluding hydrogens is 985 g/mol. The minimum Gasteiger partial charge on any atom is -0.462 e. The summed E-state index contributed by atoms with van der Waals surface area (Å²) in [6.45, 7) is 6.45. The van der Waals surface area contributed by atoms with Crippen LogP contribution in [-0.4, -0.2) is 37.2 Å². The van der Waals surface area contributed by atoms with Gasteiger partial charge in [0.15, 0.2) is 6.10 Å². The third kappa shape index (κ3) is 64.4. The van der Waals surface area contributed by atoms with E-state index >= 15 is 0 Å². The molecule has 0 radical (unpaired) electrons.